The highest BCUT2D eigenvalue weighted by Crippen LogP contribution is 2.48. The second-order valence-corrected chi connectivity index (χ2v) is 12.7. The number of fused-ring (bicyclic) bond motifs is 1. The van der Waals surface area contributed by atoms with Crippen molar-refractivity contribution in [2.75, 3.05) is 14.2 Å². The normalized spacial score (nSPS) is 18.4. The van der Waals surface area contributed by atoms with Crippen molar-refractivity contribution in [1.82, 2.24) is 9.88 Å². The van der Waals surface area contributed by atoms with Gasteiger partial charge in [0.1, 0.15) is 17.7 Å². The molecule has 3 atom stereocenters. The van der Waals surface area contributed by atoms with Gasteiger partial charge in [-0.1, -0.05) is 37.3 Å². The molecule has 0 saturated heterocycles. The van der Waals surface area contributed by atoms with Gasteiger partial charge in [0.2, 0.25) is 5.88 Å². The predicted molar refractivity (Wildman–Crippen MR) is 158 cm³/mol. The van der Waals surface area contributed by atoms with Crippen LogP contribution in [0, 0.1) is 17.7 Å². The van der Waals surface area contributed by atoms with E-state index in [1.165, 1.54) is 13.3 Å². The number of halogens is 1. The first-order valence-corrected chi connectivity index (χ1v) is 14.5. The van der Waals surface area contributed by atoms with Crippen LogP contribution in [-0.4, -0.2) is 40.7 Å². The van der Waals surface area contributed by atoms with Crippen molar-refractivity contribution in [2.24, 2.45) is 11.8 Å². The predicted octanol–water partition coefficient (Wildman–Crippen LogP) is 7.41. The molecule has 2 aliphatic rings. The van der Waals surface area contributed by atoms with Crippen molar-refractivity contribution in [1.29, 1.82) is 0 Å². The lowest BCUT2D eigenvalue weighted by atomic mass is 9.82. The van der Waals surface area contributed by atoms with E-state index in [1.54, 1.807) is 6.07 Å². The van der Waals surface area contributed by atoms with E-state index >= 15 is 4.39 Å². The van der Waals surface area contributed by atoms with Crippen molar-refractivity contribution in [2.45, 2.75) is 77.5 Å². The fourth-order valence-electron chi connectivity index (χ4n) is 5.84. The summed E-state index contributed by atoms with van der Waals surface area (Å²) in [6, 6.07) is 14.1. The Morgan fingerprint density at radius 2 is 1.90 bits per heavy atom. The average Bonchev–Trinajstić information content (AvgIpc) is 3.78. The first-order chi connectivity index (χ1) is 19.5. The minimum Gasteiger partial charge on any atom is -0.485 e. The van der Waals surface area contributed by atoms with Crippen LogP contribution in [0.25, 0.3) is 11.1 Å². The van der Waals surface area contributed by atoms with Crippen molar-refractivity contribution in [3.8, 4) is 22.8 Å². The summed E-state index contributed by atoms with van der Waals surface area (Å²) in [5.41, 5.74) is 5.42. The van der Waals surface area contributed by atoms with Crippen molar-refractivity contribution >= 4 is 5.97 Å². The van der Waals surface area contributed by atoms with Gasteiger partial charge in [-0.25, -0.2) is 9.37 Å². The molecule has 218 valence electrons. The molecule has 1 unspecified atom stereocenters. The molecule has 0 amide bonds. The summed E-state index contributed by atoms with van der Waals surface area (Å²) in [5, 5.41) is 9.74. The molecule has 0 spiro atoms. The van der Waals surface area contributed by atoms with Crippen LogP contribution >= 0.6 is 0 Å². The SMILES string of the molecule is COc1cc(-c2ccc(C3CCc4ccc([C@H](C5CC5)[C@@H](C)C(=O)O)cc4O3)cc2CN(C)C(C)(C)C)c(F)cn1. The van der Waals surface area contributed by atoms with Crippen LogP contribution in [0.3, 0.4) is 0 Å². The molecular weight excluding hydrogens is 519 g/mol. The summed E-state index contributed by atoms with van der Waals surface area (Å²) in [5.74, 6) is 0.0224. The molecule has 3 aromatic rings. The topological polar surface area (TPSA) is 71.9 Å². The van der Waals surface area contributed by atoms with Gasteiger partial charge in [-0.15, -0.1) is 0 Å². The zero-order chi connectivity index (χ0) is 29.5. The molecule has 6 nitrogen and oxygen atoms in total. The summed E-state index contributed by atoms with van der Waals surface area (Å²) in [7, 11) is 3.60. The van der Waals surface area contributed by atoms with Gasteiger partial charge in [-0.2, -0.15) is 0 Å². The van der Waals surface area contributed by atoms with Crippen LogP contribution < -0.4 is 9.47 Å². The highest BCUT2D eigenvalue weighted by atomic mass is 19.1. The molecule has 2 heterocycles. The third-order valence-electron chi connectivity index (χ3n) is 8.86. The molecular formula is C34H41FN2O4. The molecule has 1 N–H and O–H groups in total. The average molecular weight is 561 g/mol. The number of nitrogens with zero attached hydrogens (tertiary/aromatic N) is 2. The van der Waals surface area contributed by atoms with E-state index in [-0.39, 0.29) is 17.6 Å². The lowest BCUT2D eigenvalue weighted by Gasteiger charge is -2.33. The fraction of sp³-hybridized carbons (Fsp3) is 0.471. The zero-order valence-corrected chi connectivity index (χ0v) is 24.9. The molecule has 1 aliphatic heterocycles. The molecule has 0 radical (unpaired) electrons. The fourth-order valence-corrected chi connectivity index (χ4v) is 5.84. The minimum atomic E-state index is -0.755. The van der Waals surface area contributed by atoms with Gasteiger partial charge in [0, 0.05) is 23.7 Å². The highest BCUT2D eigenvalue weighted by molar-refractivity contribution is 5.71. The van der Waals surface area contributed by atoms with E-state index in [2.05, 4.69) is 62.0 Å². The van der Waals surface area contributed by atoms with E-state index < -0.39 is 17.7 Å². The van der Waals surface area contributed by atoms with Gasteiger partial charge in [0.25, 0.3) is 0 Å². The number of hydrogen-bond acceptors (Lipinski definition) is 5. The lowest BCUT2D eigenvalue weighted by Crippen LogP contribution is -2.37. The molecule has 0 bridgehead atoms. The Labute approximate surface area is 242 Å². The molecule has 7 heteroatoms. The number of aromatic nitrogens is 1. The molecule has 1 aromatic heterocycles. The molecule has 1 saturated carbocycles. The third-order valence-corrected chi connectivity index (χ3v) is 8.86. The summed E-state index contributed by atoms with van der Waals surface area (Å²) in [6.07, 6.45) is 4.90. The Bertz CT molecular complexity index is 1430. The van der Waals surface area contributed by atoms with Crippen LogP contribution in [0.5, 0.6) is 11.6 Å². The Hall–Kier alpha value is -3.45. The lowest BCUT2D eigenvalue weighted by molar-refractivity contribution is -0.142. The quantitative estimate of drug-likeness (QED) is 0.294. The van der Waals surface area contributed by atoms with Gasteiger partial charge < -0.3 is 14.6 Å². The van der Waals surface area contributed by atoms with Crippen molar-refractivity contribution in [3.63, 3.8) is 0 Å². The third kappa shape index (κ3) is 6.25. The summed E-state index contributed by atoms with van der Waals surface area (Å²) in [4.78, 5) is 18.1. The van der Waals surface area contributed by atoms with E-state index in [9.17, 15) is 9.90 Å². The van der Waals surface area contributed by atoms with Gasteiger partial charge in [-0.3, -0.25) is 9.69 Å². The number of pyridine rings is 1. The van der Waals surface area contributed by atoms with Gasteiger partial charge in [-0.05, 0) is 99.2 Å². The number of benzene rings is 2. The zero-order valence-electron chi connectivity index (χ0n) is 24.9. The standard InChI is InChI=1S/C34H41FN2O4/c1-20(33(38)39)32(22-8-9-22)24-10-7-21-12-14-29(41-30(21)16-24)23-11-13-26(25(15-23)19-37(5)34(2,3)4)27-17-31(40-6)36-18-28(27)35/h7,10-11,13,15-18,20,22,29,32H,8-9,12,14,19H2,1-6H3,(H,38,39)/t20-,29?,32+/m1/s1. The van der Waals surface area contributed by atoms with Crippen LogP contribution in [0.15, 0.2) is 48.7 Å². The summed E-state index contributed by atoms with van der Waals surface area (Å²) >= 11 is 0. The van der Waals surface area contributed by atoms with Gasteiger partial charge in [0.05, 0.1) is 19.2 Å². The smallest absolute Gasteiger partial charge is 0.306 e. The van der Waals surface area contributed by atoms with Gasteiger partial charge >= 0.3 is 5.97 Å². The van der Waals surface area contributed by atoms with Crippen molar-refractivity contribution < 1.29 is 23.8 Å². The number of carboxylic acid groups (broad SMARTS) is 1. The van der Waals surface area contributed by atoms with E-state index in [1.807, 2.05) is 19.1 Å². The molecule has 5 rings (SSSR count). The Morgan fingerprint density at radius 3 is 2.56 bits per heavy atom. The molecule has 1 fully saturated rings. The van der Waals surface area contributed by atoms with Crippen LogP contribution in [0.2, 0.25) is 0 Å². The Kier molecular flexibility index (Phi) is 8.11. The maximum absolute atomic E-state index is 15.0. The maximum Gasteiger partial charge on any atom is 0.306 e. The summed E-state index contributed by atoms with van der Waals surface area (Å²) in [6.45, 7) is 8.91. The number of ether oxygens (including phenoxy) is 2. The summed E-state index contributed by atoms with van der Waals surface area (Å²) < 4.78 is 26.9. The van der Waals surface area contributed by atoms with E-state index in [4.69, 9.17) is 9.47 Å². The number of carboxylic acids is 1. The monoisotopic (exact) mass is 560 g/mol. The number of aliphatic carboxylic acids is 1. The molecule has 41 heavy (non-hydrogen) atoms. The second-order valence-electron chi connectivity index (χ2n) is 12.7. The first-order valence-electron chi connectivity index (χ1n) is 14.5. The highest BCUT2D eigenvalue weighted by Gasteiger charge is 2.39. The Balaban J connectivity index is 1.48. The van der Waals surface area contributed by atoms with E-state index in [0.717, 1.165) is 59.3 Å². The Morgan fingerprint density at radius 1 is 1.15 bits per heavy atom. The number of methoxy groups -OCH3 is 1. The maximum atomic E-state index is 15.0. The first kappa shape index (κ1) is 29.1. The van der Waals surface area contributed by atoms with E-state index in [0.29, 0.717) is 23.9 Å². The number of rotatable bonds is 9. The van der Waals surface area contributed by atoms with Crippen LogP contribution in [0.4, 0.5) is 4.39 Å². The minimum absolute atomic E-state index is 0.00662. The molecule has 1 aliphatic carbocycles. The van der Waals surface area contributed by atoms with Gasteiger partial charge in [0.15, 0.2) is 0 Å². The van der Waals surface area contributed by atoms with Crippen LogP contribution in [-0.2, 0) is 17.8 Å². The van der Waals surface area contributed by atoms with Crippen LogP contribution in [0.1, 0.15) is 81.2 Å². The van der Waals surface area contributed by atoms with Crippen molar-refractivity contribution in [3.05, 3.63) is 76.7 Å². The number of carbonyl (C=O) groups is 1. The molecule has 2 aromatic carbocycles. The number of aryl methyl sites for hydroxylation is 1. The second kappa shape index (κ2) is 11.4. The largest absolute Gasteiger partial charge is 0.485 e. The number of hydrogen-bond donors (Lipinski definition) is 1.